The van der Waals surface area contributed by atoms with Gasteiger partial charge in [-0.3, -0.25) is 14.5 Å². The third-order valence-electron chi connectivity index (χ3n) is 3.44. The van der Waals surface area contributed by atoms with E-state index in [2.05, 4.69) is 5.32 Å². The lowest BCUT2D eigenvalue weighted by molar-refractivity contribution is -0.130. The zero-order valence-corrected chi connectivity index (χ0v) is 12.7. The highest BCUT2D eigenvalue weighted by Crippen LogP contribution is 2.17. The summed E-state index contributed by atoms with van der Waals surface area (Å²) in [6, 6.07) is 7.12. The lowest BCUT2D eigenvalue weighted by Crippen LogP contribution is -2.41. The van der Waals surface area contributed by atoms with Gasteiger partial charge in [0, 0.05) is 13.6 Å². The van der Waals surface area contributed by atoms with Crippen LogP contribution in [-0.4, -0.2) is 61.4 Å². The first kappa shape index (κ1) is 15.8. The molecular weight excluding hydrogens is 286 g/mol. The number of nitrogens with one attached hydrogen (secondary N) is 1. The highest BCUT2D eigenvalue weighted by molar-refractivity contribution is 6.04. The summed E-state index contributed by atoms with van der Waals surface area (Å²) in [6.45, 7) is 0.187. The number of likely N-dealkylation sites (N-methyl/N-ethyl adjacent to an activating group) is 1. The predicted molar refractivity (Wildman–Crippen MR) is 79.4 cm³/mol. The molecule has 22 heavy (non-hydrogen) atoms. The molecule has 0 radical (unpaired) electrons. The van der Waals surface area contributed by atoms with Crippen molar-refractivity contribution in [2.75, 3.05) is 33.8 Å². The monoisotopic (exact) mass is 305 g/mol. The highest BCUT2D eigenvalue weighted by atomic mass is 16.5. The van der Waals surface area contributed by atoms with E-state index in [1.165, 1.54) is 11.9 Å². The zero-order chi connectivity index (χ0) is 16.1. The second kappa shape index (κ2) is 6.93. The van der Waals surface area contributed by atoms with Crippen molar-refractivity contribution in [2.24, 2.45) is 0 Å². The molecular formula is C15H19N3O4. The molecule has 0 bridgehead atoms. The molecule has 0 spiro atoms. The zero-order valence-electron chi connectivity index (χ0n) is 12.7. The molecule has 0 atom stereocenters. The molecule has 2 rings (SSSR count). The van der Waals surface area contributed by atoms with E-state index < -0.39 is 6.03 Å². The Labute approximate surface area is 128 Å². The van der Waals surface area contributed by atoms with Crippen LogP contribution in [0.5, 0.6) is 5.75 Å². The summed E-state index contributed by atoms with van der Waals surface area (Å²) in [7, 11) is 3.12. The van der Waals surface area contributed by atoms with Gasteiger partial charge in [-0.2, -0.15) is 0 Å². The van der Waals surface area contributed by atoms with E-state index in [4.69, 9.17) is 4.74 Å². The van der Waals surface area contributed by atoms with Gasteiger partial charge < -0.3 is 15.0 Å². The van der Waals surface area contributed by atoms with Crippen molar-refractivity contribution in [3.63, 3.8) is 0 Å². The fourth-order valence-corrected chi connectivity index (χ4v) is 2.27. The van der Waals surface area contributed by atoms with Crippen LogP contribution < -0.4 is 10.1 Å². The summed E-state index contributed by atoms with van der Waals surface area (Å²) < 4.78 is 5.23. The molecule has 4 amide bonds. The fraction of sp³-hybridized carbons (Fsp3) is 0.400. The van der Waals surface area contributed by atoms with E-state index in [1.54, 1.807) is 7.11 Å². The van der Waals surface area contributed by atoms with Crippen LogP contribution in [0.25, 0.3) is 0 Å². The van der Waals surface area contributed by atoms with Crippen LogP contribution in [0, 0.1) is 0 Å². The Kier molecular flexibility index (Phi) is 4.98. The summed E-state index contributed by atoms with van der Waals surface area (Å²) >= 11 is 0. The first-order valence-electron chi connectivity index (χ1n) is 6.97. The van der Waals surface area contributed by atoms with Crippen LogP contribution in [-0.2, 0) is 16.0 Å². The Hall–Kier alpha value is -2.57. The molecule has 0 unspecified atom stereocenters. The van der Waals surface area contributed by atoms with E-state index in [0.717, 1.165) is 16.2 Å². The van der Waals surface area contributed by atoms with Gasteiger partial charge in [-0.15, -0.1) is 0 Å². The molecule has 0 aliphatic carbocycles. The Morgan fingerprint density at radius 2 is 2.05 bits per heavy atom. The minimum absolute atomic E-state index is 0.0212. The lowest BCUT2D eigenvalue weighted by atomic mass is 10.1. The number of nitrogens with zero attached hydrogens (tertiary/aromatic N) is 2. The van der Waals surface area contributed by atoms with E-state index >= 15 is 0 Å². The molecule has 1 aliphatic rings. The average molecular weight is 305 g/mol. The third-order valence-corrected chi connectivity index (χ3v) is 3.44. The predicted octanol–water partition coefficient (Wildman–Crippen LogP) is 0.248. The maximum absolute atomic E-state index is 11.8. The van der Waals surface area contributed by atoms with Crippen molar-refractivity contribution < 1.29 is 19.1 Å². The van der Waals surface area contributed by atoms with Crippen molar-refractivity contribution in [2.45, 2.75) is 6.42 Å². The van der Waals surface area contributed by atoms with Crippen molar-refractivity contribution in [3.05, 3.63) is 29.8 Å². The lowest BCUT2D eigenvalue weighted by Gasteiger charge is -2.14. The van der Waals surface area contributed by atoms with Crippen molar-refractivity contribution in [1.82, 2.24) is 15.1 Å². The number of rotatable bonds is 6. The average Bonchev–Trinajstić information content (AvgIpc) is 2.74. The number of carbonyl (C=O) groups is 3. The Morgan fingerprint density at radius 3 is 2.68 bits per heavy atom. The van der Waals surface area contributed by atoms with Gasteiger partial charge in [0.05, 0.1) is 7.11 Å². The molecule has 1 aromatic carbocycles. The second-order valence-electron chi connectivity index (χ2n) is 5.03. The number of ether oxygens (including phenoxy) is 1. The van der Waals surface area contributed by atoms with E-state index in [9.17, 15) is 14.4 Å². The number of amides is 4. The maximum atomic E-state index is 11.8. The largest absolute Gasteiger partial charge is 0.496 e. The maximum Gasteiger partial charge on any atom is 0.327 e. The quantitative estimate of drug-likeness (QED) is 0.764. The number of para-hydroxylation sites is 1. The smallest absolute Gasteiger partial charge is 0.327 e. The van der Waals surface area contributed by atoms with Gasteiger partial charge in [0.15, 0.2) is 0 Å². The standard InChI is InChI=1S/C15H19N3O4/c1-17-10-14(20)18(15(17)21)9-13(19)16-8-7-11-5-3-4-6-12(11)22-2/h3-6H,7-10H2,1-2H3,(H,16,19). The van der Waals surface area contributed by atoms with Crippen LogP contribution in [0.3, 0.4) is 0 Å². The number of carbonyl (C=O) groups excluding carboxylic acids is 3. The molecule has 1 aliphatic heterocycles. The van der Waals surface area contributed by atoms with Crippen molar-refractivity contribution in [1.29, 1.82) is 0 Å². The van der Waals surface area contributed by atoms with Gasteiger partial charge in [-0.1, -0.05) is 18.2 Å². The van der Waals surface area contributed by atoms with Crippen LogP contribution in [0.15, 0.2) is 24.3 Å². The molecule has 1 aromatic rings. The van der Waals surface area contributed by atoms with Gasteiger partial charge in [-0.25, -0.2) is 4.79 Å². The van der Waals surface area contributed by atoms with Crippen LogP contribution in [0.1, 0.15) is 5.56 Å². The normalized spacial score (nSPS) is 14.5. The Morgan fingerprint density at radius 1 is 1.32 bits per heavy atom. The highest BCUT2D eigenvalue weighted by Gasteiger charge is 2.34. The summed E-state index contributed by atoms with van der Waals surface area (Å²) in [4.78, 5) is 37.3. The number of hydrogen-bond acceptors (Lipinski definition) is 4. The Balaban J connectivity index is 1.81. The summed E-state index contributed by atoms with van der Waals surface area (Å²) in [6.07, 6.45) is 0.609. The van der Waals surface area contributed by atoms with Gasteiger partial charge in [-0.05, 0) is 18.1 Å². The molecule has 1 N–H and O–H groups in total. The van der Waals surface area contributed by atoms with E-state index in [1.807, 2.05) is 24.3 Å². The second-order valence-corrected chi connectivity index (χ2v) is 5.03. The molecule has 7 nitrogen and oxygen atoms in total. The van der Waals surface area contributed by atoms with Crippen molar-refractivity contribution >= 4 is 17.8 Å². The minimum atomic E-state index is -0.440. The first-order valence-corrected chi connectivity index (χ1v) is 6.97. The summed E-state index contributed by atoms with van der Waals surface area (Å²) in [5, 5.41) is 2.71. The van der Waals surface area contributed by atoms with Gasteiger partial charge in [0.25, 0.3) is 5.91 Å². The molecule has 7 heteroatoms. The van der Waals surface area contributed by atoms with Gasteiger partial charge in [0.1, 0.15) is 18.8 Å². The van der Waals surface area contributed by atoms with E-state index in [0.29, 0.717) is 13.0 Å². The first-order chi connectivity index (χ1) is 10.5. The summed E-state index contributed by atoms with van der Waals surface area (Å²) in [5.74, 6) is 0.0579. The topological polar surface area (TPSA) is 79.0 Å². The van der Waals surface area contributed by atoms with Crippen LogP contribution in [0.2, 0.25) is 0 Å². The number of benzene rings is 1. The van der Waals surface area contributed by atoms with Crippen molar-refractivity contribution in [3.8, 4) is 5.75 Å². The molecule has 1 saturated heterocycles. The summed E-state index contributed by atoms with van der Waals surface area (Å²) in [5.41, 5.74) is 0.985. The molecule has 1 fully saturated rings. The van der Waals surface area contributed by atoms with Crippen LogP contribution in [0.4, 0.5) is 4.79 Å². The molecule has 0 aromatic heterocycles. The minimum Gasteiger partial charge on any atom is -0.496 e. The Bertz CT molecular complexity index is 588. The number of urea groups is 1. The third kappa shape index (κ3) is 3.55. The number of hydrogen-bond donors (Lipinski definition) is 1. The molecule has 1 heterocycles. The van der Waals surface area contributed by atoms with Crippen LogP contribution >= 0.6 is 0 Å². The van der Waals surface area contributed by atoms with Gasteiger partial charge in [0.2, 0.25) is 5.91 Å². The molecule has 118 valence electrons. The fourth-order valence-electron chi connectivity index (χ4n) is 2.27. The number of methoxy groups -OCH3 is 1. The molecule has 0 saturated carbocycles. The van der Waals surface area contributed by atoms with E-state index in [-0.39, 0.29) is 24.9 Å². The van der Waals surface area contributed by atoms with Gasteiger partial charge >= 0.3 is 6.03 Å². The number of imide groups is 1. The SMILES string of the molecule is COc1ccccc1CCNC(=O)CN1C(=O)CN(C)C1=O.